The van der Waals surface area contributed by atoms with Gasteiger partial charge in [0.2, 0.25) is 0 Å². The number of carbonyl (C=O) groups excluding carboxylic acids is 4. The summed E-state index contributed by atoms with van der Waals surface area (Å²) in [5.74, 6) is -1.46. The number of hydrogen-bond acceptors (Lipinski definition) is 7. The first-order valence-corrected chi connectivity index (χ1v) is 11.7. The average Bonchev–Trinajstić information content (AvgIpc) is 2.87. The van der Waals surface area contributed by atoms with Crippen molar-refractivity contribution in [3.63, 3.8) is 0 Å². The van der Waals surface area contributed by atoms with Crippen LogP contribution in [0, 0.1) is 6.92 Å². The van der Waals surface area contributed by atoms with Crippen LogP contribution in [0.3, 0.4) is 0 Å². The molecule has 5 amide bonds. The van der Waals surface area contributed by atoms with Gasteiger partial charge >= 0.3 is 6.03 Å². The van der Waals surface area contributed by atoms with E-state index in [4.69, 9.17) is 9.47 Å². The second-order valence-electron chi connectivity index (χ2n) is 8.32. The molecule has 4 rings (SSSR count). The highest BCUT2D eigenvalue weighted by molar-refractivity contribution is 6.39. The number of rotatable bonds is 8. The Labute approximate surface area is 218 Å². The average molecular weight is 516 g/mol. The molecule has 38 heavy (non-hydrogen) atoms. The van der Waals surface area contributed by atoms with E-state index in [1.54, 1.807) is 31.2 Å². The first-order chi connectivity index (χ1) is 18.2. The molecule has 0 aromatic heterocycles. The summed E-state index contributed by atoms with van der Waals surface area (Å²) in [7, 11) is 0. The van der Waals surface area contributed by atoms with E-state index in [1.807, 2.05) is 25.1 Å². The monoisotopic (exact) mass is 515 g/mol. The number of hydrogen-bond donors (Lipinski definition) is 3. The Bertz CT molecular complexity index is 1430. The third kappa shape index (κ3) is 5.98. The summed E-state index contributed by atoms with van der Waals surface area (Å²) in [6.07, 6.45) is 1.33. The predicted octanol–water partition coefficient (Wildman–Crippen LogP) is 3.78. The van der Waals surface area contributed by atoms with Crippen LogP contribution in [-0.2, 0) is 14.4 Å². The highest BCUT2D eigenvalue weighted by Crippen LogP contribution is 2.30. The lowest BCUT2D eigenvalue weighted by molar-refractivity contribution is -0.122. The van der Waals surface area contributed by atoms with E-state index in [1.165, 1.54) is 30.3 Å². The Morgan fingerprint density at radius 3 is 2.47 bits per heavy atom. The van der Waals surface area contributed by atoms with Gasteiger partial charge in [0.1, 0.15) is 11.3 Å². The summed E-state index contributed by atoms with van der Waals surface area (Å²) in [6.45, 7) is 3.73. The number of aromatic hydroxyl groups is 1. The Kier molecular flexibility index (Phi) is 7.72. The molecule has 3 aromatic rings. The molecule has 3 N–H and O–H groups in total. The van der Waals surface area contributed by atoms with Crippen molar-refractivity contribution in [2.75, 3.05) is 23.4 Å². The van der Waals surface area contributed by atoms with E-state index < -0.39 is 17.8 Å². The Morgan fingerprint density at radius 1 is 1.00 bits per heavy atom. The van der Waals surface area contributed by atoms with Crippen LogP contribution in [0.5, 0.6) is 17.2 Å². The van der Waals surface area contributed by atoms with Crippen LogP contribution in [0.15, 0.2) is 72.3 Å². The van der Waals surface area contributed by atoms with Crippen LogP contribution in [0.1, 0.15) is 18.1 Å². The second-order valence-corrected chi connectivity index (χ2v) is 8.32. The SMILES string of the molecule is CCOc1cc(/C=C2\C(=O)NC(=O)N(c3ccc(O)cc3)C2=O)ccc1OCC(=O)Nc1cccc(C)c1. The summed E-state index contributed by atoms with van der Waals surface area (Å²) >= 11 is 0. The molecule has 0 radical (unpaired) electrons. The normalized spacial score (nSPS) is 14.3. The minimum absolute atomic E-state index is 0.0381. The van der Waals surface area contributed by atoms with Gasteiger partial charge < -0.3 is 19.9 Å². The Balaban J connectivity index is 1.53. The first-order valence-electron chi connectivity index (χ1n) is 11.7. The molecule has 3 aromatic carbocycles. The maximum atomic E-state index is 13.1. The molecule has 10 nitrogen and oxygen atoms in total. The summed E-state index contributed by atoms with van der Waals surface area (Å²) in [6, 6.07) is 16.6. The highest BCUT2D eigenvalue weighted by Gasteiger charge is 2.36. The molecule has 1 fully saturated rings. The first kappa shape index (κ1) is 26.0. The van der Waals surface area contributed by atoms with Crippen LogP contribution in [0.25, 0.3) is 6.08 Å². The Morgan fingerprint density at radius 2 is 1.76 bits per heavy atom. The second kappa shape index (κ2) is 11.3. The van der Waals surface area contributed by atoms with Gasteiger partial charge in [0, 0.05) is 5.69 Å². The van der Waals surface area contributed by atoms with Gasteiger partial charge in [-0.25, -0.2) is 9.69 Å². The number of barbiturate groups is 1. The lowest BCUT2D eigenvalue weighted by atomic mass is 10.1. The number of urea groups is 1. The molecule has 1 aliphatic rings. The summed E-state index contributed by atoms with van der Waals surface area (Å²) < 4.78 is 11.3. The Hall–Kier alpha value is -5.12. The van der Waals surface area contributed by atoms with Gasteiger partial charge in [-0.1, -0.05) is 18.2 Å². The van der Waals surface area contributed by atoms with E-state index >= 15 is 0 Å². The summed E-state index contributed by atoms with van der Waals surface area (Å²) in [4.78, 5) is 51.1. The fraction of sp³-hybridized carbons (Fsp3) is 0.143. The van der Waals surface area contributed by atoms with Crippen molar-refractivity contribution in [2.45, 2.75) is 13.8 Å². The lowest BCUT2D eigenvalue weighted by Gasteiger charge is -2.26. The quantitative estimate of drug-likeness (QED) is 0.307. The maximum absolute atomic E-state index is 13.1. The number of phenols is 1. The van der Waals surface area contributed by atoms with Crippen LogP contribution in [0.4, 0.5) is 16.2 Å². The molecule has 0 aliphatic carbocycles. The number of phenolic OH excluding ortho intramolecular Hbond substituents is 1. The fourth-order valence-electron chi connectivity index (χ4n) is 3.73. The van der Waals surface area contributed by atoms with Crippen LogP contribution < -0.4 is 25.0 Å². The standard InChI is InChI=1S/C28H25N3O7/c1-3-37-24-15-18(7-12-23(24)38-16-25(33)29-19-6-4-5-17(2)13-19)14-22-26(34)30-28(36)31(27(22)35)20-8-10-21(32)11-9-20/h4-15,32H,3,16H2,1-2H3,(H,29,33)(H,30,34,36)/b22-14+. The molecule has 1 saturated heterocycles. The molecule has 194 valence electrons. The van der Waals surface area contributed by atoms with E-state index in [2.05, 4.69) is 10.6 Å². The van der Waals surface area contributed by atoms with Crippen molar-refractivity contribution >= 4 is 41.2 Å². The minimum Gasteiger partial charge on any atom is -0.508 e. The number of anilines is 2. The van der Waals surface area contributed by atoms with Crippen molar-refractivity contribution < 1.29 is 33.8 Å². The van der Waals surface area contributed by atoms with Gasteiger partial charge in [0.05, 0.1) is 12.3 Å². The van der Waals surface area contributed by atoms with E-state index in [0.717, 1.165) is 10.5 Å². The molecule has 0 spiro atoms. The van der Waals surface area contributed by atoms with Gasteiger partial charge in [-0.05, 0) is 79.6 Å². The van der Waals surface area contributed by atoms with Gasteiger partial charge in [-0.2, -0.15) is 0 Å². The molecular weight excluding hydrogens is 490 g/mol. The van der Waals surface area contributed by atoms with Crippen LogP contribution in [-0.4, -0.2) is 42.1 Å². The molecular formula is C28H25N3O7. The number of nitrogens with zero attached hydrogens (tertiary/aromatic N) is 1. The van der Waals surface area contributed by atoms with Crippen molar-refractivity contribution in [3.05, 3.63) is 83.4 Å². The van der Waals surface area contributed by atoms with E-state index in [-0.39, 0.29) is 29.5 Å². The van der Waals surface area contributed by atoms with Crippen molar-refractivity contribution in [2.24, 2.45) is 0 Å². The fourth-order valence-corrected chi connectivity index (χ4v) is 3.73. The lowest BCUT2D eigenvalue weighted by Crippen LogP contribution is -2.54. The maximum Gasteiger partial charge on any atom is 0.335 e. The van der Waals surface area contributed by atoms with Crippen molar-refractivity contribution in [1.82, 2.24) is 5.32 Å². The van der Waals surface area contributed by atoms with Gasteiger partial charge in [0.15, 0.2) is 18.1 Å². The van der Waals surface area contributed by atoms with Crippen molar-refractivity contribution in [3.8, 4) is 17.2 Å². The van der Waals surface area contributed by atoms with Crippen LogP contribution >= 0.6 is 0 Å². The van der Waals surface area contributed by atoms with Gasteiger partial charge in [-0.3, -0.25) is 19.7 Å². The van der Waals surface area contributed by atoms with Gasteiger partial charge in [-0.15, -0.1) is 0 Å². The zero-order valence-electron chi connectivity index (χ0n) is 20.7. The molecule has 10 heteroatoms. The predicted molar refractivity (Wildman–Crippen MR) is 140 cm³/mol. The molecule has 1 aliphatic heterocycles. The van der Waals surface area contributed by atoms with Gasteiger partial charge in [0.25, 0.3) is 17.7 Å². The summed E-state index contributed by atoms with van der Waals surface area (Å²) in [5, 5.41) is 14.4. The molecule has 1 heterocycles. The highest BCUT2D eigenvalue weighted by atomic mass is 16.5. The number of benzene rings is 3. The van der Waals surface area contributed by atoms with E-state index in [9.17, 15) is 24.3 Å². The zero-order chi connectivity index (χ0) is 27.2. The molecule has 0 bridgehead atoms. The number of imide groups is 2. The number of ether oxygens (including phenoxy) is 2. The number of carbonyl (C=O) groups is 4. The molecule has 0 atom stereocenters. The summed E-state index contributed by atoms with van der Waals surface area (Å²) in [5.41, 5.74) is 2.01. The molecule has 0 unspecified atom stereocenters. The smallest absolute Gasteiger partial charge is 0.335 e. The third-order valence-corrected chi connectivity index (χ3v) is 5.45. The number of nitrogens with one attached hydrogen (secondary N) is 2. The largest absolute Gasteiger partial charge is 0.508 e. The topological polar surface area (TPSA) is 134 Å². The minimum atomic E-state index is -0.898. The zero-order valence-corrected chi connectivity index (χ0v) is 20.7. The van der Waals surface area contributed by atoms with Crippen molar-refractivity contribution in [1.29, 1.82) is 0 Å². The molecule has 0 saturated carbocycles. The third-order valence-electron chi connectivity index (χ3n) is 5.45. The number of amides is 5. The van der Waals surface area contributed by atoms with E-state index in [0.29, 0.717) is 29.4 Å². The number of aryl methyl sites for hydroxylation is 1. The van der Waals surface area contributed by atoms with Crippen LogP contribution in [0.2, 0.25) is 0 Å².